The van der Waals surface area contributed by atoms with Crippen molar-refractivity contribution in [2.75, 3.05) is 6.61 Å². The number of aryl methyl sites for hydroxylation is 1. The highest BCUT2D eigenvalue weighted by Crippen LogP contribution is 2.38. The lowest BCUT2D eigenvalue weighted by atomic mass is 9.96. The van der Waals surface area contributed by atoms with E-state index in [0.29, 0.717) is 41.4 Å². The van der Waals surface area contributed by atoms with Crippen LogP contribution in [0, 0.1) is 5.82 Å². The Labute approximate surface area is 182 Å². The summed E-state index contributed by atoms with van der Waals surface area (Å²) in [6.45, 7) is 2.59. The van der Waals surface area contributed by atoms with E-state index in [1.165, 1.54) is 12.3 Å². The summed E-state index contributed by atoms with van der Waals surface area (Å²) in [6.07, 6.45) is 6.01. The molecule has 0 radical (unpaired) electrons. The van der Waals surface area contributed by atoms with Crippen molar-refractivity contribution in [3.05, 3.63) is 76.4 Å². The van der Waals surface area contributed by atoms with E-state index in [1.807, 2.05) is 18.2 Å². The van der Waals surface area contributed by atoms with Gasteiger partial charge < -0.3 is 9.72 Å². The lowest BCUT2D eigenvalue weighted by Gasteiger charge is -2.28. The van der Waals surface area contributed by atoms with Gasteiger partial charge in [0, 0.05) is 19.6 Å². The number of benzene rings is 1. The zero-order chi connectivity index (χ0) is 21.8. The van der Waals surface area contributed by atoms with Gasteiger partial charge >= 0.3 is 5.69 Å². The summed E-state index contributed by atoms with van der Waals surface area (Å²) in [5.74, 6) is 0.818. The number of para-hydroxylation sites is 1. The van der Waals surface area contributed by atoms with Gasteiger partial charge in [0.25, 0.3) is 0 Å². The number of H-pyrrole nitrogens is 1. The lowest BCUT2D eigenvalue weighted by Crippen LogP contribution is -2.28. The Morgan fingerprint density at radius 3 is 3.03 bits per heavy atom. The number of aromatic amines is 1. The molecular weight excluding hydrogens is 411 g/mol. The fraction of sp³-hybridized carbons (Fsp3) is 0.217. The molecule has 0 amide bonds. The molecule has 5 heterocycles. The van der Waals surface area contributed by atoms with Crippen molar-refractivity contribution >= 4 is 16.8 Å². The molecular formula is C23H21FN6O2. The first-order chi connectivity index (χ1) is 15.6. The largest absolute Gasteiger partial charge is 0.493 e. The van der Waals surface area contributed by atoms with Gasteiger partial charge in [-0.15, -0.1) is 0 Å². The van der Waals surface area contributed by atoms with Crippen LogP contribution in [0.3, 0.4) is 0 Å². The maximum atomic E-state index is 13.8. The molecule has 8 nitrogen and oxygen atoms in total. The lowest BCUT2D eigenvalue weighted by molar-refractivity contribution is 0.254. The Kier molecular flexibility index (Phi) is 4.11. The van der Waals surface area contributed by atoms with Crippen molar-refractivity contribution in [3.8, 4) is 17.3 Å². The molecule has 0 bridgehead atoms. The summed E-state index contributed by atoms with van der Waals surface area (Å²) in [6, 6.07) is 8.77. The summed E-state index contributed by atoms with van der Waals surface area (Å²) < 4.78 is 23.1. The second kappa shape index (κ2) is 7.01. The molecule has 0 unspecified atom stereocenters. The van der Waals surface area contributed by atoms with Gasteiger partial charge in [0.15, 0.2) is 11.5 Å². The molecule has 4 aromatic heterocycles. The summed E-state index contributed by atoms with van der Waals surface area (Å²) >= 11 is 0. The highest BCUT2D eigenvalue weighted by atomic mass is 19.1. The Bertz CT molecular complexity index is 1560. The van der Waals surface area contributed by atoms with Gasteiger partial charge in [-0.25, -0.2) is 24.1 Å². The number of hydrogen-bond acceptors (Lipinski definition) is 5. The third kappa shape index (κ3) is 2.74. The second-order valence-electron chi connectivity index (χ2n) is 7.79. The van der Waals surface area contributed by atoms with Gasteiger partial charge in [0.2, 0.25) is 0 Å². The van der Waals surface area contributed by atoms with E-state index in [2.05, 4.69) is 21.9 Å². The average Bonchev–Trinajstić information content (AvgIpc) is 3.37. The minimum absolute atomic E-state index is 0. The monoisotopic (exact) mass is 432 g/mol. The third-order valence-corrected chi connectivity index (χ3v) is 5.97. The van der Waals surface area contributed by atoms with E-state index in [0.717, 1.165) is 23.3 Å². The average molecular weight is 432 g/mol. The predicted molar refractivity (Wildman–Crippen MR) is 118 cm³/mol. The van der Waals surface area contributed by atoms with E-state index in [1.54, 1.807) is 27.4 Å². The second-order valence-corrected chi connectivity index (χ2v) is 7.79. The molecule has 32 heavy (non-hydrogen) atoms. The first-order valence-electron chi connectivity index (χ1n) is 10.5. The summed E-state index contributed by atoms with van der Waals surface area (Å²) in [4.78, 5) is 29.3. The first-order valence-corrected chi connectivity index (χ1v) is 10.5. The fourth-order valence-corrected chi connectivity index (χ4v) is 4.47. The van der Waals surface area contributed by atoms with E-state index in [-0.39, 0.29) is 19.0 Å². The van der Waals surface area contributed by atoms with Crippen LogP contribution in [0.4, 0.5) is 4.39 Å². The minimum Gasteiger partial charge on any atom is -0.493 e. The van der Waals surface area contributed by atoms with Gasteiger partial charge in [-0.3, -0.25) is 8.97 Å². The Hall–Kier alpha value is -4.01. The van der Waals surface area contributed by atoms with Gasteiger partial charge in [-0.1, -0.05) is 25.1 Å². The van der Waals surface area contributed by atoms with Crippen LogP contribution in [-0.2, 0) is 6.42 Å². The predicted octanol–water partition coefficient (Wildman–Crippen LogP) is 3.75. The number of nitrogens with one attached hydrogen (secondary N) is 1. The molecule has 1 aliphatic heterocycles. The molecule has 5 aromatic rings. The van der Waals surface area contributed by atoms with E-state index < -0.39 is 0 Å². The number of hydrogen-bond donors (Lipinski definition) is 1. The number of nitrogens with zero attached hydrogens (tertiary/aromatic N) is 5. The number of halogens is 1. The maximum Gasteiger partial charge on any atom is 0.328 e. The van der Waals surface area contributed by atoms with Crippen molar-refractivity contribution in [1.82, 2.24) is 28.9 Å². The zero-order valence-corrected chi connectivity index (χ0v) is 17.2. The summed E-state index contributed by atoms with van der Waals surface area (Å²) in [5.41, 5.74) is 3.99. The van der Waals surface area contributed by atoms with Crippen LogP contribution in [-0.4, -0.2) is 35.5 Å². The molecule has 0 saturated carbocycles. The smallest absolute Gasteiger partial charge is 0.328 e. The number of imidazole rings is 2. The Morgan fingerprint density at radius 2 is 2.16 bits per heavy atom. The molecule has 0 aliphatic carbocycles. The van der Waals surface area contributed by atoms with E-state index >= 15 is 0 Å². The van der Waals surface area contributed by atoms with Crippen LogP contribution < -0.4 is 10.4 Å². The quantitative estimate of drug-likeness (QED) is 0.469. The first kappa shape index (κ1) is 18.7. The topological polar surface area (TPSA) is 90.1 Å². The van der Waals surface area contributed by atoms with Gasteiger partial charge in [-0.2, -0.15) is 0 Å². The molecule has 1 N–H and O–H groups in total. The number of ether oxygens (including phenoxy) is 1. The van der Waals surface area contributed by atoms with Gasteiger partial charge in [-0.05, 0) is 24.1 Å². The highest BCUT2D eigenvalue weighted by Gasteiger charge is 2.28. The normalized spacial score (nSPS) is 15.8. The maximum absolute atomic E-state index is 13.8. The van der Waals surface area contributed by atoms with Crippen LogP contribution in [0.2, 0.25) is 0 Å². The summed E-state index contributed by atoms with van der Waals surface area (Å²) in [5, 5.41) is 0. The van der Waals surface area contributed by atoms with Gasteiger partial charge in [0.05, 0.1) is 25.0 Å². The van der Waals surface area contributed by atoms with Crippen molar-refractivity contribution in [3.63, 3.8) is 0 Å². The molecule has 1 aliphatic rings. The van der Waals surface area contributed by atoms with Crippen LogP contribution in [0.1, 0.15) is 31.9 Å². The van der Waals surface area contributed by atoms with Gasteiger partial charge in [0.1, 0.15) is 28.4 Å². The minimum atomic E-state index is -0.387. The Balaban J connectivity index is 0.00000228. The zero-order valence-electron chi connectivity index (χ0n) is 17.2. The van der Waals surface area contributed by atoms with Crippen molar-refractivity contribution < 1.29 is 10.6 Å². The molecule has 0 saturated heterocycles. The van der Waals surface area contributed by atoms with Crippen molar-refractivity contribution in [2.45, 2.75) is 25.8 Å². The molecule has 1 atom stereocenters. The molecule has 1 aromatic carbocycles. The fourth-order valence-electron chi connectivity index (χ4n) is 4.47. The SMILES string of the molecule is CCc1cccc2c1OCC[C@H]2n1c(=O)[nH]c2cnc(-c3cnc4ccc(F)cn34)nc21.[HH]. The molecule has 162 valence electrons. The summed E-state index contributed by atoms with van der Waals surface area (Å²) in [7, 11) is 0. The molecule has 9 heteroatoms. The van der Waals surface area contributed by atoms with Crippen molar-refractivity contribution in [1.29, 1.82) is 0 Å². The van der Waals surface area contributed by atoms with Crippen LogP contribution in [0.25, 0.3) is 28.3 Å². The van der Waals surface area contributed by atoms with E-state index in [4.69, 9.17) is 9.72 Å². The number of rotatable bonds is 3. The van der Waals surface area contributed by atoms with E-state index in [9.17, 15) is 9.18 Å². The number of fused-ring (bicyclic) bond motifs is 3. The number of pyridine rings is 1. The standard InChI is InChI=1S/C23H19FN6O2.H2/c1-2-13-4-3-5-15-17(8-9-32-20(13)15)30-22-16(27-23(30)31)10-26-21(28-22)18-11-25-19-7-6-14(24)12-29(18)19;/h3-7,10-12,17H,2,8-9H2,1H3,(H,27,31);1H/t17-;/m1./s1. The highest BCUT2D eigenvalue weighted by molar-refractivity contribution is 5.73. The molecule has 6 rings (SSSR count). The van der Waals surface area contributed by atoms with Crippen LogP contribution >= 0.6 is 0 Å². The van der Waals surface area contributed by atoms with Crippen LogP contribution in [0.15, 0.2) is 53.7 Å². The Morgan fingerprint density at radius 1 is 1.25 bits per heavy atom. The third-order valence-electron chi connectivity index (χ3n) is 5.97. The number of aromatic nitrogens is 6. The van der Waals surface area contributed by atoms with Crippen molar-refractivity contribution in [2.24, 2.45) is 0 Å². The molecule has 0 fully saturated rings. The molecule has 0 spiro atoms. The van der Waals surface area contributed by atoms with Crippen LogP contribution in [0.5, 0.6) is 5.75 Å².